The van der Waals surface area contributed by atoms with Crippen LogP contribution in [0.15, 0.2) is 40.9 Å². The van der Waals surface area contributed by atoms with Crippen LogP contribution in [0.4, 0.5) is 5.82 Å². The van der Waals surface area contributed by atoms with Crippen molar-refractivity contribution in [1.29, 1.82) is 0 Å². The van der Waals surface area contributed by atoms with E-state index < -0.39 is 0 Å². The highest BCUT2D eigenvalue weighted by Gasteiger charge is 2.18. The van der Waals surface area contributed by atoms with Gasteiger partial charge in [-0.05, 0) is 37.1 Å². The van der Waals surface area contributed by atoms with Crippen LogP contribution < -0.4 is 10.6 Å². The van der Waals surface area contributed by atoms with E-state index in [4.69, 9.17) is 5.73 Å². The van der Waals surface area contributed by atoms with Gasteiger partial charge in [-0.1, -0.05) is 28.1 Å². The lowest BCUT2D eigenvalue weighted by molar-refractivity contribution is 0.502. The first-order valence-electron chi connectivity index (χ1n) is 6.82. The van der Waals surface area contributed by atoms with Crippen LogP contribution >= 0.6 is 15.9 Å². The minimum atomic E-state index is 0.247. The maximum atomic E-state index is 6.00. The van der Waals surface area contributed by atoms with Crippen LogP contribution in [0.1, 0.15) is 12.8 Å². The second kappa shape index (κ2) is 5.89. The van der Waals surface area contributed by atoms with Gasteiger partial charge in [-0.2, -0.15) is 0 Å². The summed E-state index contributed by atoms with van der Waals surface area (Å²) in [7, 11) is 0. The van der Waals surface area contributed by atoms with Crippen LogP contribution in [-0.4, -0.2) is 29.3 Å². The molecule has 1 aromatic carbocycles. The van der Waals surface area contributed by atoms with Crippen molar-refractivity contribution in [3.05, 3.63) is 40.9 Å². The molecule has 1 saturated heterocycles. The number of hydrogen-bond acceptors (Lipinski definition) is 4. The molecular weight excluding hydrogens is 316 g/mol. The van der Waals surface area contributed by atoms with Crippen LogP contribution in [0.25, 0.3) is 11.3 Å². The van der Waals surface area contributed by atoms with Gasteiger partial charge in [-0.25, -0.2) is 0 Å². The Morgan fingerprint density at radius 3 is 2.55 bits per heavy atom. The zero-order chi connectivity index (χ0) is 13.9. The number of nitrogens with two attached hydrogens (primary N) is 1. The first-order valence-corrected chi connectivity index (χ1v) is 7.62. The number of nitrogens with zero attached hydrogens (tertiary/aromatic N) is 3. The molecule has 1 atom stereocenters. The molecule has 0 saturated carbocycles. The van der Waals surface area contributed by atoms with E-state index in [9.17, 15) is 0 Å². The van der Waals surface area contributed by atoms with Gasteiger partial charge in [0, 0.05) is 29.2 Å². The van der Waals surface area contributed by atoms with E-state index in [0.717, 1.165) is 47.5 Å². The van der Waals surface area contributed by atoms with Gasteiger partial charge >= 0.3 is 0 Å². The third kappa shape index (κ3) is 2.99. The normalized spacial score (nSPS) is 19.1. The van der Waals surface area contributed by atoms with Crippen molar-refractivity contribution in [2.75, 3.05) is 18.0 Å². The third-order valence-corrected chi connectivity index (χ3v) is 4.10. The quantitative estimate of drug-likeness (QED) is 0.918. The molecule has 2 N–H and O–H groups in total. The summed E-state index contributed by atoms with van der Waals surface area (Å²) in [4.78, 5) is 2.21. The standard InChI is InChI=1S/C15H17BrN4/c16-12-5-3-11(4-6-12)14-7-8-15(19-18-14)20-9-1-2-13(17)10-20/h3-8,13H,1-2,9-10,17H2. The predicted octanol–water partition coefficient (Wildman–Crippen LogP) is 2.83. The van der Waals surface area contributed by atoms with Crippen molar-refractivity contribution in [3.63, 3.8) is 0 Å². The molecule has 0 bridgehead atoms. The fourth-order valence-electron chi connectivity index (χ4n) is 2.49. The number of rotatable bonds is 2. The molecule has 5 heteroatoms. The van der Waals surface area contributed by atoms with Crippen molar-refractivity contribution in [3.8, 4) is 11.3 Å². The summed E-state index contributed by atoms with van der Waals surface area (Å²) in [5.41, 5.74) is 7.97. The Morgan fingerprint density at radius 1 is 1.10 bits per heavy atom. The van der Waals surface area contributed by atoms with Crippen molar-refractivity contribution < 1.29 is 0 Å². The van der Waals surface area contributed by atoms with Gasteiger partial charge in [0.1, 0.15) is 0 Å². The molecule has 1 aliphatic rings. The van der Waals surface area contributed by atoms with Crippen LogP contribution in [0.2, 0.25) is 0 Å². The van der Waals surface area contributed by atoms with Gasteiger partial charge in [0.15, 0.2) is 5.82 Å². The van der Waals surface area contributed by atoms with Crippen LogP contribution in [0, 0.1) is 0 Å². The van der Waals surface area contributed by atoms with Crippen molar-refractivity contribution in [2.24, 2.45) is 5.73 Å². The van der Waals surface area contributed by atoms with E-state index in [2.05, 4.69) is 31.0 Å². The molecule has 0 amide bonds. The van der Waals surface area contributed by atoms with Crippen LogP contribution in [0.5, 0.6) is 0 Å². The fraction of sp³-hybridized carbons (Fsp3) is 0.333. The molecule has 20 heavy (non-hydrogen) atoms. The van der Waals surface area contributed by atoms with Gasteiger partial charge in [0.05, 0.1) is 5.69 Å². The first kappa shape index (κ1) is 13.5. The maximum Gasteiger partial charge on any atom is 0.151 e. The number of benzene rings is 1. The molecule has 1 aliphatic heterocycles. The van der Waals surface area contributed by atoms with Crippen molar-refractivity contribution >= 4 is 21.7 Å². The number of hydrogen-bond donors (Lipinski definition) is 1. The van der Waals surface area contributed by atoms with E-state index in [1.807, 2.05) is 36.4 Å². The molecule has 2 aromatic rings. The fourth-order valence-corrected chi connectivity index (χ4v) is 2.75. The summed E-state index contributed by atoms with van der Waals surface area (Å²) >= 11 is 3.43. The van der Waals surface area contributed by atoms with E-state index in [-0.39, 0.29) is 6.04 Å². The Hall–Kier alpha value is -1.46. The molecule has 0 aliphatic carbocycles. The largest absolute Gasteiger partial charge is 0.354 e. The zero-order valence-electron chi connectivity index (χ0n) is 11.2. The van der Waals surface area contributed by atoms with Crippen LogP contribution in [0.3, 0.4) is 0 Å². The summed E-state index contributed by atoms with van der Waals surface area (Å²) in [6.07, 6.45) is 2.22. The average Bonchev–Trinajstić information content (AvgIpc) is 2.48. The predicted molar refractivity (Wildman–Crippen MR) is 84.6 cm³/mol. The highest BCUT2D eigenvalue weighted by atomic mass is 79.9. The Balaban J connectivity index is 1.78. The molecule has 1 unspecified atom stereocenters. The monoisotopic (exact) mass is 332 g/mol. The molecule has 3 rings (SSSR count). The minimum Gasteiger partial charge on any atom is -0.354 e. The lowest BCUT2D eigenvalue weighted by atomic mass is 10.1. The highest BCUT2D eigenvalue weighted by molar-refractivity contribution is 9.10. The van der Waals surface area contributed by atoms with E-state index in [1.54, 1.807) is 0 Å². The van der Waals surface area contributed by atoms with Crippen LogP contribution in [-0.2, 0) is 0 Å². The van der Waals surface area contributed by atoms with E-state index >= 15 is 0 Å². The molecule has 1 aromatic heterocycles. The number of aromatic nitrogens is 2. The second-order valence-electron chi connectivity index (χ2n) is 5.13. The lowest BCUT2D eigenvalue weighted by Crippen LogP contribution is -2.43. The Bertz CT molecular complexity index is 567. The zero-order valence-corrected chi connectivity index (χ0v) is 12.8. The maximum absolute atomic E-state index is 6.00. The Labute approximate surface area is 127 Å². The van der Waals surface area contributed by atoms with Gasteiger partial charge in [0.25, 0.3) is 0 Å². The SMILES string of the molecule is NC1CCCN(c2ccc(-c3ccc(Br)cc3)nn2)C1. The van der Waals surface area contributed by atoms with Gasteiger partial charge in [-0.3, -0.25) is 0 Å². The smallest absolute Gasteiger partial charge is 0.151 e. The van der Waals surface area contributed by atoms with Gasteiger partial charge < -0.3 is 10.6 Å². The minimum absolute atomic E-state index is 0.247. The molecular formula is C15H17BrN4. The molecule has 4 nitrogen and oxygen atoms in total. The lowest BCUT2D eigenvalue weighted by Gasteiger charge is -2.31. The summed E-state index contributed by atoms with van der Waals surface area (Å²) in [5.74, 6) is 0.918. The van der Waals surface area contributed by atoms with Crippen molar-refractivity contribution in [1.82, 2.24) is 10.2 Å². The molecule has 2 heterocycles. The summed E-state index contributed by atoms with van der Waals surface area (Å²) in [6.45, 7) is 1.88. The van der Waals surface area contributed by atoms with Crippen molar-refractivity contribution in [2.45, 2.75) is 18.9 Å². The topological polar surface area (TPSA) is 55.0 Å². The summed E-state index contributed by atoms with van der Waals surface area (Å²) in [6, 6.07) is 12.4. The number of piperidine rings is 1. The number of halogens is 1. The van der Waals surface area contributed by atoms with Gasteiger partial charge in [-0.15, -0.1) is 10.2 Å². The summed E-state index contributed by atoms with van der Waals surface area (Å²) < 4.78 is 1.06. The Morgan fingerprint density at radius 2 is 1.90 bits per heavy atom. The average molecular weight is 333 g/mol. The summed E-state index contributed by atoms with van der Waals surface area (Å²) in [5, 5.41) is 8.68. The highest BCUT2D eigenvalue weighted by Crippen LogP contribution is 2.22. The third-order valence-electron chi connectivity index (χ3n) is 3.57. The first-order chi connectivity index (χ1) is 9.72. The molecule has 0 spiro atoms. The van der Waals surface area contributed by atoms with E-state index in [0.29, 0.717) is 0 Å². The molecule has 1 fully saturated rings. The number of anilines is 1. The Kier molecular flexibility index (Phi) is 3.98. The molecule has 104 valence electrons. The second-order valence-corrected chi connectivity index (χ2v) is 6.05. The van der Waals surface area contributed by atoms with Gasteiger partial charge in [0.2, 0.25) is 0 Å². The molecule has 0 radical (unpaired) electrons. The van der Waals surface area contributed by atoms with E-state index in [1.165, 1.54) is 0 Å².